The Morgan fingerprint density at radius 2 is 1.61 bits per heavy atom. The highest BCUT2D eigenvalue weighted by molar-refractivity contribution is 6.05. The van der Waals surface area contributed by atoms with Crippen molar-refractivity contribution in [1.29, 1.82) is 0 Å². The third-order valence-electron chi connectivity index (χ3n) is 10.1. The highest BCUT2D eigenvalue weighted by Gasteiger charge is 2.47. The van der Waals surface area contributed by atoms with Crippen molar-refractivity contribution >= 4 is 29.7 Å². The van der Waals surface area contributed by atoms with Gasteiger partial charge in [0.1, 0.15) is 18.0 Å². The van der Waals surface area contributed by atoms with Crippen LogP contribution < -0.4 is 9.64 Å². The normalized spacial score (nSPS) is 18.4. The third-order valence-corrected chi connectivity index (χ3v) is 10.1. The van der Waals surface area contributed by atoms with Crippen LogP contribution >= 0.6 is 0 Å². The summed E-state index contributed by atoms with van der Waals surface area (Å²) in [6.07, 6.45) is -5.08. The molecular formula is C43H53F3N4O7. The largest absolute Gasteiger partial charge is 0.476 e. The van der Waals surface area contributed by atoms with E-state index in [1.807, 2.05) is 60.7 Å². The molecule has 3 aromatic carbocycles. The lowest BCUT2D eigenvalue weighted by Crippen LogP contribution is -2.56. The van der Waals surface area contributed by atoms with Crippen LogP contribution in [0, 0.1) is 0 Å². The second kappa shape index (κ2) is 17.5. The number of halogens is 3. The van der Waals surface area contributed by atoms with Crippen molar-refractivity contribution in [1.82, 2.24) is 14.7 Å². The van der Waals surface area contributed by atoms with E-state index in [-0.39, 0.29) is 50.6 Å². The van der Waals surface area contributed by atoms with Crippen molar-refractivity contribution in [3.05, 3.63) is 95.1 Å². The number of hydrogen-bond donors (Lipinski definition) is 0. The van der Waals surface area contributed by atoms with Crippen molar-refractivity contribution in [3.63, 3.8) is 0 Å². The molecule has 0 radical (unpaired) electrons. The van der Waals surface area contributed by atoms with Crippen LogP contribution in [0.5, 0.6) is 5.75 Å². The first-order chi connectivity index (χ1) is 26.8. The topological polar surface area (TPSA) is 109 Å². The minimum atomic E-state index is -4.97. The lowest BCUT2D eigenvalue weighted by molar-refractivity contribution is -0.138. The van der Waals surface area contributed by atoms with Crippen LogP contribution in [0.25, 0.3) is 0 Å². The van der Waals surface area contributed by atoms with Gasteiger partial charge in [0.15, 0.2) is 5.60 Å². The zero-order valence-electron chi connectivity index (χ0n) is 33.7. The predicted octanol–water partition coefficient (Wildman–Crippen LogP) is 8.69. The number of rotatable bonds is 11. The number of alkyl halides is 3. The maximum Gasteiger partial charge on any atom is 0.417 e. The van der Waals surface area contributed by atoms with E-state index in [9.17, 15) is 32.3 Å². The van der Waals surface area contributed by atoms with E-state index in [0.29, 0.717) is 19.4 Å². The Hall–Kier alpha value is -5.27. The van der Waals surface area contributed by atoms with Gasteiger partial charge in [-0.1, -0.05) is 67.6 Å². The van der Waals surface area contributed by atoms with Crippen LogP contribution in [-0.4, -0.2) is 88.2 Å². The summed E-state index contributed by atoms with van der Waals surface area (Å²) in [7, 11) is 0. The van der Waals surface area contributed by atoms with E-state index < -0.39 is 64.6 Å². The highest BCUT2D eigenvalue weighted by atomic mass is 19.4. The molecule has 57 heavy (non-hydrogen) atoms. The number of ether oxygens (including phenoxy) is 3. The zero-order chi connectivity index (χ0) is 41.7. The molecule has 2 heterocycles. The van der Waals surface area contributed by atoms with Crippen molar-refractivity contribution in [3.8, 4) is 5.75 Å². The first-order valence-corrected chi connectivity index (χ1v) is 19.4. The smallest absolute Gasteiger partial charge is 0.417 e. The fourth-order valence-electron chi connectivity index (χ4n) is 7.10. The van der Waals surface area contributed by atoms with E-state index in [1.54, 1.807) is 41.5 Å². The van der Waals surface area contributed by atoms with Crippen molar-refractivity contribution < 1.29 is 46.6 Å². The quantitative estimate of drug-likeness (QED) is 0.191. The second-order valence-corrected chi connectivity index (χ2v) is 16.0. The van der Waals surface area contributed by atoms with Crippen LogP contribution in [0.15, 0.2) is 72.8 Å². The summed E-state index contributed by atoms with van der Waals surface area (Å²) in [5, 5.41) is 0. The van der Waals surface area contributed by atoms with Crippen LogP contribution in [0.4, 0.5) is 28.4 Å². The van der Waals surface area contributed by atoms with Gasteiger partial charge in [0.2, 0.25) is 0 Å². The Morgan fingerprint density at radius 1 is 0.982 bits per heavy atom. The fraction of sp³-hybridized carbons (Fsp3) is 0.488. The Bertz CT molecular complexity index is 1900. The molecule has 2 aliphatic rings. The van der Waals surface area contributed by atoms with Crippen LogP contribution in [0.2, 0.25) is 0 Å². The van der Waals surface area contributed by atoms with Crippen molar-refractivity contribution in [2.75, 3.05) is 31.1 Å². The molecule has 0 aromatic heterocycles. The molecule has 11 nitrogen and oxygen atoms in total. The van der Waals surface area contributed by atoms with Crippen LogP contribution in [0.3, 0.4) is 0 Å². The summed E-state index contributed by atoms with van der Waals surface area (Å²) in [6.45, 7) is 12.2. The van der Waals surface area contributed by atoms with Gasteiger partial charge in [0.25, 0.3) is 11.8 Å². The zero-order valence-corrected chi connectivity index (χ0v) is 33.7. The van der Waals surface area contributed by atoms with Gasteiger partial charge in [-0.05, 0) is 84.1 Å². The number of carbonyl (C=O) groups is 4. The summed E-state index contributed by atoms with van der Waals surface area (Å²) >= 11 is 0. The maximum atomic E-state index is 15.0. The first kappa shape index (κ1) is 42.9. The number of carbonyl (C=O) groups excluding carboxylic acids is 4. The van der Waals surface area contributed by atoms with E-state index in [2.05, 4.69) is 0 Å². The fourth-order valence-corrected chi connectivity index (χ4v) is 7.10. The number of benzene rings is 3. The molecule has 14 heteroatoms. The molecule has 0 aliphatic carbocycles. The first-order valence-electron chi connectivity index (χ1n) is 19.4. The summed E-state index contributed by atoms with van der Waals surface area (Å²) < 4.78 is 62.2. The number of piperidine rings is 1. The Balaban J connectivity index is 1.51. The molecule has 2 atom stereocenters. The molecule has 1 fully saturated rings. The molecule has 0 N–H and O–H groups in total. The minimum absolute atomic E-state index is 0.00670. The maximum absolute atomic E-state index is 15.0. The van der Waals surface area contributed by atoms with E-state index >= 15 is 0 Å². The lowest BCUT2D eigenvalue weighted by atomic mass is 9.94. The number of nitrogens with zero attached hydrogens (tertiary/aromatic N) is 4. The van der Waals surface area contributed by atoms with Crippen LogP contribution in [-0.2, 0) is 33.6 Å². The number of hydrogen-bond acceptors (Lipinski definition) is 7. The number of fused-ring (bicyclic) bond motifs is 1. The molecule has 0 saturated carbocycles. The lowest BCUT2D eigenvalue weighted by Gasteiger charge is -2.43. The molecular weight excluding hydrogens is 741 g/mol. The molecule has 308 valence electrons. The average molecular weight is 795 g/mol. The van der Waals surface area contributed by atoms with Gasteiger partial charge in [-0.25, -0.2) is 9.59 Å². The monoisotopic (exact) mass is 794 g/mol. The van der Waals surface area contributed by atoms with Gasteiger partial charge in [0, 0.05) is 38.8 Å². The van der Waals surface area contributed by atoms with Gasteiger partial charge in [-0.3, -0.25) is 9.59 Å². The molecule has 2 aliphatic heterocycles. The molecule has 3 aromatic rings. The van der Waals surface area contributed by atoms with Gasteiger partial charge < -0.3 is 33.8 Å². The number of likely N-dealkylation sites (tertiary alicyclic amines) is 1. The SMILES string of the molecule is CCC1(C)Oc2cc(C(F)(F)F)c(C(=O)N(C(C)C)[C@@H]3CCCN(C(=O)OC(C)(C)C)C3)cc2N(CCN(Cc2ccccc2)C(=O)OCc2ccccc2)C1=O. The Morgan fingerprint density at radius 3 is 2.19 bits per heavy atom. The van der Waals surface area contributed by atoms with Crippen LogP contribution in [0.1, 0.15) is 94.8 Å². The minimum Gasteiger partial charge on any atom is -0.476 e. The molecule has 4 amide bonds. The van der Waals surface area contributed by atoms with Crippen molar-refractivity contribution in [2.24, 2.45) is 0 Å². The standard InChI is InChI=1S/C43H53F3N4O7/c1-8-42(7)38(52)49(23-22-48(26-30-16-11-9-12-17-30)39(53)55-28-31-18-13-10-14-19-31)35-24-33(34(43(44,45)46)25-36(35)56-42)37(51)50(29(2)3)32-20-15-21-47(27-32)40(54)57-41(4,5)6/h9-14,16-19,24-25,29,32H,8,15,20-23,26-28H2,1-7H3/t32-,42?/m1/s1. The Kier molecular flexibility index (Phi) is 13.1. The van der Waals surface area contributed by atoms with Gasteiger partial charge in [-0.2, -0.15) is 13.2 Å². The van der Waals surface area contributed by atoms with Gasteiger partial charge >= 0.3 is 18.4 Å². The van der Waals surface area contributed by atoms with Gasteiger partial charge in [-0.15, -0.1) is 0 Å². The average Bonchev–Trinajstić information content (AvgIpc) is 3.16. The summed E-state index contributed by atoms with van der Waals surface area (Å²) in [4.78, 5) is 61.0. The van der Waals surface area contributed by atoms with Crippen molar-refractivity contribution in [2.45, 2.75) is 110 Å². The molecule has 0 bridgehead atoms. The molecule has 1 unspecified atom stereocenters. The summed E-state index contributed by atoms with van der Waals surface area (Å²) in [5.41, 5.74) is -2.61. The number of amides is 4. The number of anilines is 1. The molecule has 1 saturated heterocycles. The highest BCUT2D eigenvalue weighted by Crippen LogP contribution is 2.45. The van der Waals surface area contributed by atoms with E-state index in [1.165, 1.54) is 26.5 Å². The Labute approximate surface area is 332 Å². The predicted molar refractivity (Wildman–Crippen MR) is 209 cm³/mol. The third kappa shape index (κ3) is 10.4. The van der Waals surface area contributed by atoms with E-state index in [0.717, 1.165) is 23.3 Å². The summed E-state index contributed by atoms with van der Waals surface area (Å²) in [6, 6.07) is 19.0. The van der Waals surface area contributed by atoms with E-state index in [4.69, 9.17) is 14.2 Å². The second-order valence-electron chi connectivity index (χ2n) is 16.0. The van der Waals surface area contributed by atoms with Gasteiger partial charge in [0.05, 0.1) is 22.9 Å². The molecule has 5 rings (SSSR count). The molecule has 0 spiro atoms. The summed E-state index contributed by atoms with van der Waals surface area (Å²) in [5.74, 6) is -1.65.